The van der Waals surface area contributed by atoms with Gasteiger partial charge in [0.25, 0.3) is 5.91 Å². The van der Waals surface area contributed by atoms with Gasteiger partial charge in [0.15, 0.2) is 5.82 Å². The Bertz CT molecular complexity index is 884. The summed E-state index contributed by atoms with van der Waals surface area (Å²) >= 11 is 0. The molecule has 0 unspecified atom stereocenters. The summed E-state index contributed by atoms with van der Waals surface area (Å²) in [6.45, 7) is 4.07. The van der Waals surface area contributed by atoms with Gasteiger partial charge in [0, 0.05) is 55.7 Å². The van der Waals surface area contributed by atoms with Gasteiger partial charge in [-0.05, 0) is 31.4 Å². The van der Waals surface area contributed by atoms with Gasteiger partial charge in [0.2, 0.25) is 0 Å². The Balaban J connectivity index is 1.50. The molecule has 134 valence electrons. The maximum atomic E-state index is 12.7. The van der Waals surface area contributed by atoms with Gasteiger partial charge in [-0.3, -0.25) is 9.78 Å². The summed E-state index contributed by atoms with van der Waals surface area (Å²) in [5.74, 6) is 1.65. The van der Waals surface area contributed by atoms with Crippen molar-refractivity contribution in [2.75, 3.05) is 13.1 Å². The first-order valence-corrected chi connectivity index (χ1v) is 8.91. The normalized spacial score (nSPS) is 17.4. The Labute approximate surface area is 152 Å². The summed E-state index contributed by atoms with van der Waals surface area (Å²) in [5, 5.41) is 0. The van der Waals surface area contributed by atoms with Crippen molar-refractivity contribution in [3.63, 3.8) is 0 Å². The minimum absolute atomic E-state index is 0.0341. The predicted molar refractivity (Wildman–Crippen MR) is 96.8 cm³/mol. The Hall–Kier alpha value is -2.96. The molecular weight excluding hydrogens is 328 g/mol. The molecule has 3 aromatic rings. The number of H-pyrrole nitrogens is 1. The summed E-state index contributed by atoms with van der Waals surface area (Å²) in [6.07, 6.45) is 11.2. The van der Waals surface area contributed by atoms with Crippen LogP contribution in [0.15, 0.2) is 43.1 Å². The van der Waals surface area contributed by atoms with Crippen molar-refractivity contribution >= 4 is 5.91 Å². The van der Waals surface area contributed by atoms with E-state index in [2.05, 4.69) is 30.6 Å². The predicted octanol–water partition coefficient (Wildman–Crippen LogP) is 2.38. The van der Waals surface area contributed by atoms with Crippen LogP contribution in [0.5, 0.6) is 0 Å². The molecule has 1 amide bonds. The van der Waals surface area contributed by atoms with Gasteiger partial charge in [-0.15, -0.1) is 0 Å². The number of aryl methyl sites for hydroxylation is 1. The molecule has 1 aliphatic rings. The van der Waals surface area contributed by atoms with E-state index in [0.29, 0.717) is 12.4 Å². The minimum atomic E-state index is -0.0341. The molecule has 0 aromatic carbocycles. The highest BCUT2D eigenvalue weighted by Crippen LogP contribution is 2.27. The number of carbonyl (C=O) groups excluding carboxylic acids is 1. The molecule has 4 rings (SSSR count). The van der Waals surface area contributed by atoms with Crippen molar-refractivity contribution in [1.82, 2.24) is 29.4 Å². The van der Waals surface area contributed by atoms with Gasteiger partial charge in [0.05, 0.1) is 6.54 Å². The molecular formula is C19H22N6O. The number of nitrogens with one attached hydrogen (secondary N) is 1. The van der Waals surface area contributed by atoms with E-state index in [9.17, 15) is 4.79 Å². The number of imidazole rings is 2. The molecule has 0 aliphatic carbocycles. The third-order valence-electron chi connectivity index (χ3n) is 4.80. The highest BCUT2D eigenvalue weighted by Gasteiger charge is 2.29. The van der Waals surface area contributed by atoms with Gasteiger partial charge in [-0.25, -0.2) is 9.97 Å². The van der Waals surface area contributed by atoms with E-state index in [1.807, 2.05) is 36.5 Å². The third-order valence-corrected chi connectivity index (χ3v) is 4.80. The molecule has 3 aromatic heterocycles. The van der Waals surface area contributed by atoms with E-state index in [0.717, 1.165) is 43.0 Å². The van der Waals surface area contributed by atoms with Crippen molar-refractivity contribution in [3.8, 4) is 0 Å². The SMILES string of the molecule is Cc1cnc(C(=O)N2CCC[C@@H](c3nccn3Cc3cccnc3)C2)[nH]1. The summed E-state index contributed by atoms with van der Waals surface area (Å²) in [5.41, 5.74) is 2.04. The molecule has 1 saturated heterocycles. The van der Waals surface area contributed by atoms with Crippen LogP contribution in [0.3, 0.4) is 0 Å². The van der Waals surface area contributed by atoms with Gasteiger partial charge in [0.1, 0.15) is 5.82 Å². The van der Waals surface area contributed by atoms with E-state index in [1.165, 1.54) is 0 Å². The van der Waals surface area contributed by atoms with Crippen LogP contribution < -0.4 is 0 Å². The first-order valence-electron chi connectivity index (χ1n) is 8.91. The second-order valence-corrected chi connectivity index (χ2v) is 6.78. The maximum absolute atomic E-state index is 12.7. The highest BCUT2D eigenvalue weighted by atomic mass is 16.2. The molecule has 26 heavy (non-hydrogen) atoms. The molecule has 0 spiro atoms. The summed E-state index contributed by atoms with van der Waals surface area (Å²) in [6, 6.07) is 4.00. The van der Waals surface area contributed by atoms with Gasteiger partial charge in [-0.1, -0.05) is 6.07 Å². The molecule has 4 heterocycles. The van der Waals surface area contributed by atoms with Crippen molar-refractivity contribution in [1.29, 1.82) is 0 Å². The fourth-order valence-electron chi connectivity index (χ4n) is 3.55. The number of aromatic nitrogens is 5. The summed E-state index contributed by atoms with van der Waals surface area (Å²) in [7, 11) is 0. The van der Waals surface area contributed by atoms with E-state index in [-0.39, 0.29) is 11.8 Å². The second kappa shape index (κ2) is 7.11. The zero-order chi connectivity index (χ0) is 17.9. The smallest absolute Gasteiger partial charge is 0.289 e. The molecule has 1 aliphatic heterocycles. The zero-order valence-corrected chi connectivity index (χ0v) is 14.8. The van der Waals surface area contributed by atoms with E-state index < -0.39 is 0 Å². The number of nitrogens with zero attached hydrogens (tertiary/aromatic N) is 5. The maximum Gasteiger partial charge on any atom is 0.289 e. The number of amides is 1. The molecule has 1 N–H and O–H groups in total. The Kier molecular flexibility index (Phi) is 4.51. The number of hydrogen-bond donors (Lipinski definition) is 1. The highest BCUT2D eigenvalue weighted by molar-refractivity contribution is 5.90. The number of carbonyl (C=O) groups is 1. The van der Waals surface area contributed by atoms with Crippen LogP contribution in [0.4, 0.5) is 0 Å². The van der Waals surface area contributed by atoms with Crippen molar-refractivity contribution in [2.45, 2.75) is 32.2 Å². The summed E-state index contributed by atoms with van der Waals surface area (Å²) < 4.78 is 2.16. The molecule has 1 atom stereocenters. The molecule has 7 heteroatoms. The van der Waals surface area contributed by atoms with E-state index >= 15 is 0 Å². The minimum Gasteiger partial charge on any atom is -0.338 e. The fourth-order valence-corrected chi connectivity index (χ4v) is 3.55. The van der Waals surface area contributed by atoms with Crippen LogP contribution >= 0.6 is 0 Å². The van der Waals surface area contributed by atoms with Crippen LogP contribution in [0.25, 0.3) is 0 Å². The number of aromatic amines is 1. The zero-order valence-electron chi connectivity index (χ0n) is 14.8. The monoisotopic (exact) mass is 350 g/mol. The average Bonchev–Trinajstić information content (AvgIpc) is 3.31. The lowest BCUT2D eigenvalue weighted by Crippen LogP contribution is -2.40. The fraction of sp³-hybridized carbons (Fsp3) is 0.368. The van der Waals surface area contributed by atoms with Crippen LogP contribution in [0.1, 0.15) is 46.5 Å². The number of piperidine rings is 1. The average molecular weight is 350 g/mol. The molecule has 0 saturated carbocycles. The lowest BCUT2D eigenvalue weighted by Gasteiger charge is -2.32. The number of likely N-dealkylation sites (tertiary alicyclic amines) is 1. The number of pyridine rings is 1. The Morgan fingerprint density at radius 1 is 1.31 bits per heavy atom. The Morgan fingerprint density at radius 3 is 3.00 bits per heavy atom. The van der Waals surface area contributed by atoms with Crippen LogP contribution in [-0.2, 0) is 6.54 Å². The van der Waals surface area contributed by atoms with Gasteiger partial charge in [-0.2, -0.15) is 0 Å². The van der Waals surface area contributed by atoms with Gasteiger partial charge >= 0.3 is 0 Å². The lowest BCUT2D eigenvalue weighted by atomic mass is 9.97. The first kappa shape index (κ1) is 16.5. The number of hydrogen-bond acceptors (Lipinski definition) is 4. The molecule has 1 fully saturated rings. The number of rotatable bonds is 4. The second-order valence-electron chi connectivity index (χ2n) is 6.78. The lowest BCUT2D eigenvalue weighted by molar-refractivity contribution is 0.0692. The van der Waals surface area contributed by atoms with Gasteiger partial charge < -0.3 is 14.5 Å². The van der Waals surface area contributed by atoms with Crippen molar-refractivity contribution in [2.24, 2.45) is 0 Å². The largest absolute Gasteiger partial charge is 0.338 e. The molecule has 0 bridgehead atoms. The van der Waals surface area contributed by atoms with E-state index in [1.54, 1.807) is 12.4 Å². The van der Waals surface area contributed by atoms with Crippen molar-refractivity contribution in [3.05, 3.63) is 66.0 Å². The topological polar surface area (TPSA) is 79.7 Å². The quantitative estimate of drug-likeness (QED) is 0.783. The standard InChI is InChI=1S/C19H22N6O/c1-14-10-22-17(23-14)19(26)25-8-3-5-16(13-25)18-21-7-9-24(18)12-15-4-2-6-20-11-15/h2,4,6-7,9-11,16H,3,5,8,12-13H2,1H3,(H,22,23)/t16-/m1/s1. The first-order chi connectivity index (χ1) is 12.7. The summed E-state index contributed by atoms with van der Waals surface area (Å²) in [4.78, 5) is 30.6. The van der Waals surface area contributed by atoms with Crippen LogP contribution in [0, 0.1) is 6.92 Å². The van der Waals surface area contributed by atoms with E-state index in [4.69, 9.17) is 0 Å². The molecule has 0 radical (unpaired) electrons. The third kappa shape index (κ3) is 3.37. The van der Waals surface area contributed by atoms with Crippen molar-refractivity contribution < 1.29 is 4.79 Å². The molecule has 7 nitrogen and oxygen atoms in total. The Morgan fingerprint density at radius 2 is 2.23 bits per heavy atom. The van der Waals surface area contributed by atoms with Crippen LogP contribution in [-0.4, -0.2) is 48.4 Å². The van der Waals surface area contributed by atoms with Crippen LogP contribution in [0.2, 0.25) is 0 Å².